The van der Waals surface area contributed by atoms with E-state index in [0.717, 1.165) is 0 Å². The molecule has 1 aromatic rings. The van der Waals surface area contributed by atoms with Gasteiger partial charge in [0.1, 0.15) is 0 Å². The van der Waals surface area contributed by atoms with E-state index in [1.807, 2.05) is 6.92 Å². The molecule has 0 amide bonds. The third-order valence-corrected chi connectivity index (χ3v) is 6.58. The molecule has 2 unspecified atom stereocenters. The summed E-state index contributed by atoms with van der Waals surface area (Å²) in [7, 11) is -3.48. The summed E-state index contributed by atoms with van der Waals surface area (Å²) >= 11 is 9.14. The van der Waals surface area contributed by atoms with Crippen molar-refractivity contribution in [3.8, 4) is 0 Å². The molecule has 0 aliphatic carbocycles. The molecule has 0 bridgehead atoms. The van der Waals surface area contributed by atoms with Crippen molar-refractivity contribution in [2.24, 2.45) is 5.73 Å². The van der Waals surface area contributed by atoms with Crippen molar-refractivity contribution < 1.29 is 8.42 Å². The number of hydrogen-bond acceptors (Lipinski definition) is 3. The van der Waals surface area contributed by atoms with E-state index < -0.39 is 10.0 Å². The lowest BCUT2D eigenvalue weighted by Crippen LogP contribution is -2.48. The molecular formula is C12H16BrClN2O2S. The van der Waals surface area contributed by atoms with Crippen molar-refractivity contribution in [3.63, 3.8) is 0 Å². The molecule has 1 aliphatic rings. The molecule has 1 aliphatic heterocycles. The Morgan fingerprint density at radius 2 is 2.16 bits per heavy atom. The Labute approximate surface area is 127 Å². The highest BCUT2D eigenvalue weighted by atomic mass is 79.9. The van der Waals surface area contributed by atoms with Crippen LogP contribution in [0.2, 0.25) is 5.02 Å². The maximum absolute atomic E-state index is 12.6. The smallest absolute Gasteiger partial charge is 0.243 e. The summed E-state index contributed by atoms with van der Waals surface area (Å²) in [4.78, 5) is 0.256. The molecule has 0 saturated carbocycles. The Balaban J connectivity index is 2.34. The van der Waals surface area contributed by atoms with E-state index in [1.165, 1.54) is 10.4 Å². The zero-order valence-corrected chi connectivity index (χ0v) is 13.7. The molecule has 2 rings (SSSR count). The molecule has 1 heterocycles. The SMILES string of the molecule is CC1CC(N)CCN1S(=O)(=O)c1ccc(Cl)c(Br)c1. The molecule has 7 heteroatoms. The second-order valence-corrected chi connectivity index (χ2v) is 7.98. The van der Waals surface area contributed by atoms with Gasteiger partial charge in [-0.1, -0.05) is 11.6 Å². The van der Waals surface area contributed by atoms with Gasteiger partial charge in [-0.3, -0.25) is 0 Å². The highest BCUT2D eigenvalue weighted by Gasteiger charge is 2.33. The van der Waals surface area contributed by atoms with Gasteiger partial charge in [-0.25, -0.2) is 8.42 Å². The molecular weight excluding hydrogens is 352 g/mol. The van der Waals surface area contributed by atoms with Crippen molar-refractivity contribution in [1.82, 2.24) is 4.31 Å². The first kappa shape index (κ1) is 15.3. The van der Waals surface area contributed by atoms with Crippen molar-refractivity contribution >= 4 is 37.6 Å². The summed E-state index contributed by atoms with van der Waals surface area (Å²) in [5, 5.41) is 0.493. The predicted octanol–water partition coefficient (Wildman–Crippen LogP) is 2.60. The van der Waals surface area contributed by atoms with Crippen LogP contribution in [0.4, 0.5) is 0 Å². The second kappa shape index (κ2) is 5.69. The lowest BCUT2D eigenvalue weighted by Gasteiger charge is -2.35. The second-order valence-electron chi connectivity index (χ2n) is 4.83. The minimum absolute atomic E-state index is 0.0804. The lowest BCUT2D eigenvalue weighted by atomic mass is 10.0. The van der Waals surface area contributed by atoms with Gasteiger partial charge in [0.05, 0.1) is 9.92 Å². The molecule has 0 radical (unpaired) electrons. The van der Waals surface area contributed by atoms with Gasteiger partial charge in [0.25, 0.3) is 0 Å². The Kier molecular flexibility index (Phi) is 4.57. The van der Waals surface area contributed by atoms with Crippen LogP contribution < -0.4 is 5.73 Å². The summed E-state index contributed by atoms with van der Waals surface area (Å²) < 4.78 is 27.3. The van der Waals surface area contributed by atoms with Gasteiger partial charge >= 0.3 is 0 Å². The zero-order chi connectivity index (χ0) is 14.2. The third kappa shape index (κ3) is 3.13. The first-order valence-corrected chi connectivity index (χ1v) is 8.66. The quantitative estimate of drug-likeness (QED) is 0.874. The fourth-order valence-corrected chi connectivity index (χ4v) is 4.65. The molecule has 1 saturated heterocycles. The average molecular weight is 368 g/mol. The van der Waals surface area contributed by atoms with Gasteiger partial charge in [0.2, 0.25) is 10.0 Å². The van der Waals surface area contributed by atoms with E-state index in [2.05, 4.69) is 15.9 Å². The molecule has 0 aromatic heterocycles. The fourth-order valence-electron chi connectivity index (χ4n) is 2.32. The molecule has 1 fully saturated rings. The molecule has 4 nitrogen and oxygen atoms in total. The number of hydrogen-bond donors (Lipinski definition) is 1. The third-order valence-electron chi connectivity index (χ3n) is 3.35. The van der Waals surface area contributed by atoms with Crippen LogP contribution in [0.5, 0.6) is 0 Å². The largest absolute Gasteiger partial charge is 0.328 e. The summed E-state index contributed by atoms with van der Waals surface area (Å²) in [6.07, 6.45) is 1.38. The number of halogens is 2. The average Bonchev–Trinajstić information content (AvgIpc) is 2.32. The standard InChI is InChI=1S/C12H16BrClN2O2S/c1-8-6-9(15)4-5-16(8)19(17,18)10-2-3-12(14)11(13)7-10/h2-3,7-9H,4-6,15H2,1H3. The molecule has 19 heavy (non-hydrogen) atoms. The zero-order valence-electron chi connectivity index (χ0n) is 10.5. The Bertz CT molecular complexity index is 579. The van der Waals surface area contributed by atoms with Crippen LogP contribution in [0.1, 0.15) is 19.8 Å². The molecule has 2 N–H and O–H groups in total. The first-order valence-electron chi connectivity index (χ1n) is 6.05. The number of benzene rings is 1. The summed E-state index contributed by atoms with van der Waals surface area (Å²) in [6, 6.07) is 4.66. The number of piperidine rings is 1. The number of nitrogens with zero attached hydrogens (tertiary/aromatic N) is 1. The fraction of sp³-hybridized carbons (Fsp3) is 0.500. The van der Waals surface area contributed by atoms with Crippen LogP contribution in [0.15, 0.2) is 27.6 Å². The van der Waals surface area contributed by atoms with Crippen LogP contribution in [0.3, 0.4) is 0 Å². The summed E-state index contributed by atoms with van der Waals surface area (Å²) in [5.41, 5.74) is 5.87. The number of sulfonamides is 1. The van der Waals surface area contributed by atoms with Gasteiger partial charge in [-0.05, 0) is 53.9 Å². The Hall–Kier alpha value is -0.140. The normalized spacial score (nSPS) is 25.5. The Morgan fingerprint density at radius 1 is 1.47 bits per heavy atom. The van der Waals surface area contributed by atoms with Crippen molar-refractivity contribution in [1.29, 1.82) is 0 Å². The van der Waals surface area contributed by atoms with Gasteiger partial charge in [-0.15, -0.1) is 0 Å². The van der Waals surface area contributed by atoms with Gasteiger partial charge in [0, 0.05) is 23.1 Å². The molecule has 0 spiro atoms. The maximum atomic E-state index is 12.6. The predicted molar refractivity (Wildman–Crippen MR) is 79.7 cm³/mol. The Morgan fingerprint density at radius 3 is 2.74 bits per heavy atom. The summed E-state index contributed by atoms with van der Waals surface area (Å²) in [6.45, 7) is 2.35. The van der Waals surface area contributed by atoms with Gasteiger partial charge in [0.15, 0.2) is 0 Å². The van der Waals surface area contributed by atoms with Crippen molar-refractivity contribution in [2.75, 3.05) is 6.54 Å². The van der Waals surface area contributed by atoms with Crippen LogP contribution in [-0.4, -0.2) is 31.4 Å². The topological polar surface area (TPSA) is 63.4 Å². The van der Waals surface area contributed by atoms with Crippen LogP contribution in [0, 0.1) is 0 Å². The van der Waals surface area contributed by atoms with Gasteiger partial charge < -0.3 is 5.73 Å². The van der Waals surface area contributed by atoms with Crippen LogP contribution >= 0.6 is 27.5 Å². The molecule has 106 valence electrons. The van der Waals surface area contributed by atoms with Crippen LogP contribution in [0.25, 0.3) is 0 Å². The minimum atomic E-state index is -3.48. The molecule has 2 atom stereocenters. The highest BCUT2D eigenvalue weighted by molar-refractivity contribution is 9.10. The van der Waals surface area contributed by atoms with E-state index in [0.29, 0.717) is 28.9 Å². The number of rotatable bonds is 2. The van der Waals surface area contributed by atoms with Crippen LogP contribution in [-0.2, 0) is 10.0 Å². The first-order chi connectivity index (χ1) is 8.82. The minimum Gasteiger partial charge on any atom is -0.328 e. The van der Waals surface area contributed by atoms with Crippen molar-refractivity contribution in [2.45, 2.75) is 36.7 Å². The summed E-state index contributed by atoms with van der Waals surface area (Å²) in [5.74, 6) is 0. The monoisotopic (exact) mass is 366 g/mol. The van der Waals surface area contributed by atoms with E-state index in [-0.39, 0.29) is 17.0 Å². The lowest BCUT2D eigenvalue weighted by molar-refractivity contribution is 0.247. The number of nitrogens with two attached hydrogens (primary N) is 1. The van der Waals surface area contributed by atoms with Crippen molar-refractivity contribution in [3.05, 3.63) is 27.7 Å². The van der Waals surface area contributed by atoms with E-state index in [9.17, 15) is 8.42 Å². The maximum Gasteiger partial charge on any atom is 0.243 e. The van der Waals surface area contributed by atoms with E-state index in [4.69, 9.17) is 17.3 Å². The van der Waals surface area contributed by atoms with E-state index >= 15 is 0 Å². The highest BCUT2D eigenvalue weighted by Crippen LogP contribution is 2.29. The van der Waals surface area contributed by atoms with E-state index in [1.54, 1.807) is 12.1 Å². The van der Waals surface area contributed by atoms with Gasteiger partial charge in [-0.2, -0.15) is 4.31 Å². The molecule has 1 aromatic carbocycles.